The number of rotatable bonds is 5. The van der Waals surface area contributed by atoms with Crippen LogP contribution in [0.3, 0.4) is 0 Å². The summed E-state index contributed by atoms with van der Waals surface area (Å²) in [5.74, 6) is 0.263. The molecule has 0 aliphatic carbocycles. The van der Waals surface area contributed by atoms with Gasteiger partial charge in [0.15, 0.2) is 0 Å². The largest absolute Gasteiger partial charge is 0.297 e. The van der Waals surface area contributed by atoms with Crippen molar-refractivity contribution in [1.82, 2.24) is 4.98 Å². The highest BCUT2D eigenvalue weighted by atomic mass is 32.2. The first kappa shape index (κ1) is 15.7. The third-order valence-corrected chi connectivity index (χ3v) is 4.53. The minimum absolute atomic E-state index is 0.0201. The lowest BCUT2D eigenvalue weighted by molar-refractivity contribution is 0.306. The summed E-state index contributed by atoms with van der Waals surface area (Å²) in [4.78, 5) is 4.25. The predicted molar refractivity (Wildman–Crippen MR) is 81.5 cm³/mol. The molecule has 0 unspecified atom stereocenters. The Kier molecular flexibility index (Phi) is 4.75. The molecule has 0 radical (unpaired) electrons. The van der Waals surface area contributed by atoms with Crippen LogP contribution in [0.25, 0.3) is 0 Å². The van der Waals surface area contributed by atoms with Crippen molar-refractivity contribution in [2.45, 2.75) is 38.2 Å². The molecule has 1 heterocycles. The minimum atomic E-state index is -3.74. The molecule has 2 rings (SSSR count). The van der Waals surface area contributed by atoms with Gasteiger partial charge >= 0.3 is 0 Å². The predicted octanol–water partition coefficient (Wildman–Crippen LogP) is 3.42. The van der Waals surface area contributed by atoms with Gasteiger partial charge in [-0.1, -0.05) is 31.5 Å². The van der Waals surface area contributed by atoms with E-state index in [1.807, 2.05) is 20.8 Å². The van der Waals surface area contributed by atoms with Gasteiger partial charge < -0.3 is 0 Å². The van der Waals surface area contributed by atoms with Crippen LogP contribution in [0, 0.1) is 6.92 Å². The van der Waals surface area contributed by atoms with E-state index >= 15 is 0 Å². The number of aryl methyl sites for hydroxylation is 1. The molecule has 0 atom stereocenters. The van der Waals surface area contributed by atoms with Gasteiger partial charge in [-0.05, 0) is 42.2 Å². The van der Waals surface area contributed by atoms with Crippen LogP contribution in [-0.2, 0) is 20.9 Å². The summed E-state index contributed by atoms with van der Waals surface area (Å²) in [6.45, 7) is 6.00. The molecular weight excluding hydrogens is 286 g/mol. The van der Waals surface area contributed by atoms with E-state index < -0.39 is 10.1 Å². The second-order valence-corrected chi connectivity index (χ2v) is 6.87. The second kappa shape index (κ2) is 6.37. The van der Waals surface area contributed by atoms with Gasteiger partial charge in [0.1, 0.15) is 0 Å². The average Bonchev–Trinajstić information content (AvgIpc) is 2.46. The lowest BCUT2D eigenvalue weighted by Crippen LogP contribution is -2.08. The summed E-state index contributed by atoms with van der Waals surface area (Å²) in [7, 11) is -3.74. The zero-order valence-electron chi connectivity index (χ0n) is 12.4. The zero-order chi connectivity index (χ0) is 15.5. The van der Waals surface area contributed by atoms with Crippen LogP contribution in [0.4, 0.5) is 0 Å². The molecule has 0 bridgehead atoms. The topological polar surface area (TPSA) is 56.3 Å². The van der Waals surface area contributed by atoms with Crippen LogP contribution in [0.15, 0.2) is 47.6 Å². The molecule has 2 aromatic rings. The molecular formula is C16H19NO3S. The molecule has 0 N–H and O–H groups in total. The van der Waals surface area contributed by atoms with E-state index in [0.717, 1.165) is 16.7 Å². The third-order valence-electron chi connectivity index (χ3n) is 3.25. The molecule has 1 aromatic heterocycles. The number of hydrogen-bond donors (Lipinski definition) is 0. The van der Waals surface area contributed by atoms with E-state index in [4.69, 9.17) is 4.18 Å². The second-order valence-electron chi connectivity index (χ2n) is 5.26. The molecule has 21 heavy (non-hydrogen) atoms. The summed E-state index contributed by atoms with van der Waals surface area (Å²) < 4.78 is 29.5. The summed E-state index contributed by atoms with van der Waals surface area (Å²) in [5, 5.41) is 0. The van der Waals surface area contributed by atoms with Gasteiger partial charge in [0.05, 0.1) is 11.5 Å². The van der Waals surface area contributed by atoms with Crippen molar-refractivity contribution in [3.63, 3.8) is 0 Å². The van der Waals surface area contributed by atoms with E-state index in [0.29, 0.717) is 0 Å². The maximum Gasteiger partial charge on any atom is 0.297 e. The van der Waals surface area contributed by atoms with Crippen molar-refractivity contribution in [1.29, 1.82) is 0 Å². The molecule has 5 heteroatoms. The van der Waals surface area contributed by atoms with Gasteiger partial charge in [-0.2, -0.15) is 8.42 Å². The van der Waals surface area contributed by atoms with E-state index in [1.165, 1.54) is 0 Å². The Hall–Kier alpha value is -1.72. The van der Waals surface area contributed by atoms with Crippen molar-refractivity contribution in [3.05, 3.63) is 59.4 Å². The van der Waals surface area contributed by atoms with Gasteiger partial charge in [0.2, 0.25) is 0 Å². The quantitative estimate of drug-likeness (QED) is 0.794. The molecule has 0 saturated heterocycles. The summed E-state index contributed by atoms with van der Waals surface area (Å²) in [5.41, 5.74) is 2.84. The number of aromatic nitrogens is 1. The lowest BCUT2D eigenvalue weighted by Gasteiger charge is -2.12. The maximum absolute atomic E-state index is 12.2. The first-order chi connectivity index (χ1) is 9.90. The minimum Gasteiger partial charge on any atom is -0.264 e. The fraction of sp³-hybridized carbons (Fsp3) is 0.312. The third kappa shape index (κ3) is 3.89. The van der Waals surface area contributed by atoms with Crippen molar-refractivity contribution >= 4 is 10.1 Å². The fourth-order valence-electron chi connectivity index (χ4n) is 2.00. The number of benzene rings is 1. The Morgan fingerprint density at radius 3 is 2.43 bits per heavy atom. The highest BCUT2D eigenvalue weighted by Crippen LogP contribution is 2.21. The van der Waals surface area contributed by atoms with Crippen molar-refractivity contribution in [3.8, 4) is 0 Å². The maximum atomic E-state index is 12.2. The zero-order valence-corrected chi connectivity index (χ0v) is 13.2. The van der Waals surface area contributed by atoms with Crippen LogP contribution in [0.2, 0.25) is 0 Å². The lowest BCUT2D eigenvalue weighted by atomic mass is 10.0. The summed E-state index contributed by atoms with van der Waals surface area (Å²) in [6, 6.07) is 8.41. The van der Waals surface area contributed by atoms with Crippen LogP contribution in [0.5, 0.6) is 0 Å². The summed E-state index contributed by atoms with van der Waals surface area (Å²) in [6.07, 6.45) is 3.39. The first-order valence-electron chi connectivity index (χ1n) is 6.79. The SMILES string of the molecule is Cc1ccc(S(=O)(=O)OCc2ccncc2C(C)C)cc1. The first-order valence-corrected chi connectivity index (χ1v) is 8.20. The fourth-order valence-corrected chi connectivity index (χ4v) is 2.89. The normalized spacial score (nSPS) is 11.8. The molecule has 0 fully saturated rings. The van der Waals surface area contributed by atoms with Gasteiger partial charge in [0.25, 0.3) is 10.1 Å². The molecule has 0 saturated carbocycles. The Balaban J connectivity index is 2.18. The van der Waals surface area contributed by atoms with Crippen LogP contribution in [0.1, 0.15) is 36.5 Å². The van der Waals surface area contributed by atoms with Gasteiger partial charge in [-0.15, -0.1) is 0 Å². The van der Waals surface area contributed by atoms with E-state index in [1.54, 1.807) is 42.7 Å². The number of hydrogen-bond acceptors (Lipinski definition) is 4. The average molecular weight is 305 g/mol. The molecule has 4 nitrogen and oxygen atoms in total. The van der Waals surface area contributed by atoms with Crippen molar-refractivity contribution < 1.29 is 12.6 Å². The molecule has 0 aliphatic heterocycles. The molecule has 0 spiro atoms. The molecule has 0 aliphatic rings. The number of nitrogens with zero attached hydrogens (tertiary/aromatic N) is 1. The van der Waals surface area contributed by atoms with E-state index in [-0.39, 0.29) is 17.4 Å². The van der Waals surface area contributed by atoms with Gasteiger partial charge in [0, 0.05) is 12.4 Å². The number of pyridine rings is 1. The smallest absolute Gasteiger partial charge is 0.264 e. The highest BCUT2D eigenvalue weighted by Gasteiger charge is 2.16. The van der Waals surface area contributed by atoms with Gasteiger partial charge in [-0.3, -0.25) is 9.17 Å². The Labute approximate surface area is 125 Å². The van der Waals surface area contributed by atoms with Crippen LogP contribution >= 0.6 is 0 Å². The van der Waals surface area contributed by atoms with E-state index in [9.17, 15) is 8.42 Å². The standard InChI is InChI=1S/C16H19NO3S/c1-12(2)16-10-17-9-8-14(16)11-20-21(18,19)15-6-4-13(3)5-7-15/h4-10,12H,11H2,1-3H3. The Morgan fingerprint density at radius 1 is 1.14 bits per heavy atom. The Morgan fingerprint density at radius 2 is 1.81 bits per heavy atom. The van der Waals surface area contributed by atoms with Crippen LogP contribution in [-0.4, -0.2) is 13.4 Å². The molecule has 1 aromatic carbocycles. The Bertz CT molecular complexity index is 707. The monoisotopic (exact) mass is 305 g/mol. The van der Waals surface area contributed by atoms with Crippen molar-refractivity contribution in [2.24, 2.45) is 0 Å². The summed E-state index contributed by atoms with van der Waals surface area (Å²) >= 11 is 0. The van der Waals surface area contributed by atoms with Crippen molar-refractivity contribution in [2.75, 3.05) is 0 Å². The highest BCUT2D eigenvalue weighted by molar-refractivity contribution is 7.86. The van der Waals surface area contributed by atoms with E-state index in [2.05, 4.69) is 4.98 Å². The molecule has 112 valence electrons. The molecule has 0 amide bonds. The van der Waals surface area contributed by atoms with Gasteiger partial charge in [-0.25, -0.2) is 0 Å². The van der Waals surface area contributed by atoms with Crippen LogP contribution < -0.4 is 0 Å².